The van der Waals surface area contributed by atoms with Crippen LogP contribution in [-0.2, 0) is 6.18 Å². The summed E-state index contributed by atoms with van der Waals surface area (Å²) in [5.74, 6) is -0.0370. The molecule has 27 heavy (non-hydrogen) atoms. The molecule has 1 fully saturated rings. The number of para-hydroxylation sites is 1. The van der Waals surface area contributed by atoms with Crippen LogP contribution in [0.1, 0.15) is 60.1 Å². The molecule has 0 bridgehead atoms. The van der Waals surface area contributed by atoms with Gasteiger partial charge < -0.3 is 5.32 Å². The topological polar surface area (TPSA) is 46.9 Å². The zero-order valence-electron chi connectivity index (χ0n) is 15.4. The molecule has 1 saturated carbocycles. The van der Waals surface area contributed by atoms with Gasteiger partial charge in [0.2, 0.25) is 0 Å². The van der Waals surface area contributed by atoms with Crippen molar-refractivity contribution in [2.75, 3.05) is 6.54 Å². The Morgan fingerprint density at radius 3 is 2.63 bits per heavy atom. The molecule has 3 rings (SSSR count). The maximum Gasteiger partial charge on any atom is 0.434 e. The number of nitrogens with one attached hydrogen (secondary N) is 1. The number of rotatable bonds is 6. The van der Waals surface area contributed by atoms with E-state index in [2.05, 4.69) is 10.4 Å². The summed E-state index contributed by atoms with van der Waals surface area (Å²) in [4.78, 5) is 12.4. The maximum atomic E-state index is 13.7. The van der Waals surface area contributed by atoms with Crippen molar-refractivity contribution in [2.24, 2.45) is 5.92 Å². The largest absolute Gasteiger partial charge is 0.434 e. The highest BCUT2D eigenvalue weighted by molar-refractivity contribution is 5.95. The average Bonchev–Trinajstić information content (AvgIpc) is 3.28. The molecule has 4 nitrogen and oxygen atoms in total. The Balaban J connectivity index is 1.74. The number of nitrogens with zero attached hydrogens (tertiary/aromatic N) is 2. The fourth-order valence-corrected chi connectivity index (χ4v) is 3.76. The van der Waals surface area contributed by atoms with Crippen LogP contribution < -0.4 is 5.32 Å². The van der Waals surface area contributed by atoms with E-state index in [1.54, 1.807) is 31.2 Å². The van der Waals surface area contributed by atoms with Gasteiger partial charge in [-0.3, -0.25) is 4.79 Å². The third-order valence-electron chi connectivity index (χ3n) is 5.18. The lowest BCUT2D eigenvalue weighted by atomic mass is 10.0. The van der Waals surface area contributed by atoms with Crippen LogP contribution in [0.5, 0.6) is 0 Å². The molecule has 0 unspecified atom stereocenters. The number of amides is 1. The molecule has 0 atom stereocenters. The number of hydrogen-bond acceptors (Lipinski definition) is 2. The lowest BCUT2D eigenvalue weighted by molar-refractivity contribution is -0.143. The molecule has 1 heterocycles. The molecule has 1 amide bonds. The monoisotopic (exact) mass is 379 g/mol. The smallest absolute Gasteiger partial charge is 0.352 e. The van der Waals surface area contributed by atoms with E-state index in [0.29, 0.717) is 23.7 Å². The van der Waals surface area contributed by atoms with Crippen LogP contribution in [0.15, 0.2) is 30.5 Å². The third-order valence-corrected chi connectivity index (χ3v) is 5.18. The molecular weight excluding hydrogens is 355 g/mol. The van der Waals surface area contributed by atoms with Gasteiger partial charge in [0.15, 0.2) is 5.69 Å². The van der Waals surface area contributed by atoms with Crippen molar-refractivity contribution in [1.29, 1.82) is 0 Å². The van der Waals surface area contributed by atoms with Gasteiger partial charge in [-0.2, -0.15) is 18.3 Å². The maximum absolute atomic E-state index is 13.7. The van der Waals surface area contributed by atoms with E-state index in [9.17, 15) is 18.0 Å². The van der Waals surface area contributed by atoms with Crippen molar-refractivity contribution < 1.29 is 18.0 Å². The van der Waals surface area contributed by atoms with Crippen LogP contribution in [0.4, 0.5) is 13.2 Å². The summed E-state index contributed by atoms with van der Waals surface area (Å²) in [5.41, 5.74) is -0.517. The molecule has 1 aliphatic carbocycles. The zero-order valence-corrected chi connectivity index (χ0v) is 15.4. The minimum absolute atomic E-state index is 0.310. The second-order valence-electron chi connectivity index (χ2n) is 7.15. The Labute approximate surface area is 156 Å². The number of carbonyl (C=O) groups excluding carboxylic acids is 1. The van der Waals surface area contributed by atoms with E-state index in [0.717, 1.165) is 23.7 Å². The number of hydrogen-bond donors (Lipinski definition) is 1. The summed E-state index contributed by atoms with van der Waals surface area (Å²) in [5, 5.41) is 6.48. The number of carbonyl (C=O) groups is 1. The summed E-state index contributed by atoms with van der Waals surface area (Å²) >= 11 is 0. The quantitative estimate of drug-likeness (QED) is 0.726. The molecule has 1 aromatic carbocycles. The molecule has 7 heteroatoms. The molecule has 1 aromatic heterocycles. The van der Waals surface area contributed by atoms with Crippen molar-refractivity contribution >= 4 is 5.91 Å². The first kappa shape index (κ1) is 19.5. The fraction of sp³-hybridized carbons (Fsp3) is 0.500. The Bertz CT molecular complexity index is 792. The number of alkyl halides is 3. The summed E-state index contributed by atoms with van der Waals surface area (Å²) in [6.45, 7) is 2.09. The SMILES string of the molecule is Cc1ccccc1-n1ncc(C(=O)NCCCC2CCCC2)c1C(F)(F)F. The first-order valence-electron chi connectivity index (χ1n) is 9.37. The molecule has 146 valence electrons. The van der Waals surface area contributed by atoms with E-state index < -0.39 is 23.3 Å². The van der Waals surface area contributed by atoms with Gasteiger partial charge in [0.05, 0.1) is 17.4 Å². The standard InChI is InChI=1S/C20H24F3N3O/c1-14-7-2-5-11-17(14)26-18(20(21,22)23)16(13-25-26)19(27)24-12-6-10-15-8-3-4-9-15/h2,5,7,11,13,15H,3-4,6,8-10,12H2,1H3,(H,24,27). The highest BCUT2D eigenvalue weighted by Crippen LogP contribution is 2.34. The van der Waals surface area contributed by atoms with Gasteiger partial charge in [-0.15, -0.1) is 0 Å². The van der Waals surface area contributed by atoms with E-state index in [-0.39, 0.29) is 0 Å². The van der Waals surface area contributed by atoms with Gasteiger partial charge in [0.25, 0.3) is 5.91 Å². The third kappa shape index (κ3) is 4.51. The van der Waals surface area contributed by atoms with Crippen molar-refractivity contribution in [1.82, 2.24) is 15.1 Å². The lowest BCUT2D eigenvalue weighted by Gasteiger charge is -2.14. The highest BCUT2D eigenvalue weighted by atomic mass is 19.4. The Morgan fingerprint density at radius 2 is 1.96 bits per heavy atom. The second kappa shape index (κ2) is 8.15. The van der Waals surface area contributed by atoms with Crippen LogP contribution >= 0.6 is 0 Å². The summed E-state index contributed by atoms with van der Waals surface area (Å²) in [7, 11) is 0. The number of halogens is 3. The first-order valence-corrected chi connectivity index (χ1v) is 9.37. The number of aromatic nitrogens is 2. The minimum Gasteiger partial charge on any atom is -0.352 e. The van der Waals surface area contributed by atoms with E-state index in [1.165, 1.54) is 25.7 Å². The molecule has 0 saturated heterocycles. The van der Waals surface area contributed by atoms with Gasteiger partial charge in [0, 0.05) is 6.54 Å². The van der Waals surface area contributed by atoms with Crippen LogP contribution in [-0.4, -0.2) is 22.2 Å². The molecule has 1 N–H and O–H groups in total. The van der Waals surface area contributed by atoms with Crippen LogP contribution in [0.2, 0.25) is 0 Å². The molecular formula is C20H24F3N3O. The Kier molecular flexibility index (Phi) is 5.87. The van der Waals surface area contributed by atoms with E-state index in [4.69, 9.17) is 0 Å². The molecule has 0 aliphatic heterocycles. The first-order chi connectivity index (χ1) is 12.9. The van der Waals surface area contributed by atoms with Gasteiger partial charge in [0.1, 0.15) is 0 Å². The predicted molar refractivity (Wildman–Crippen MR) is 96.8 cm³/mol. The second-order valence-corrected chi connectivity index (χ2v) is 7.15. The van der Waals surface area contributed by atoms with Crippen LogP contribution in [0, 0.1) is 12.8 Å². The molecule has 0 radical (unpaired) electrons. The van der Waals surface area contributed by atoms with E-state index in [1.807, 2.05) is 0 Å². The minimum atomic E-state index is -4.69. The van der Waals surface area contributed by atoms with Gasteiger partial charge in [-0.1, -0.05) is 43.9 Å². The van der Waals surface area contributed by atoms with Crippen molar-refractivity contribution in [3.8, 4) is 5.69 Å². The fourth-order valence-electron chi connectivity index (χ4n) is 3.76. The lowest BCUT2D eigenvalue weighted by Crippen LogP contribution is -2.27. The molecule has 0 spiro atoms. The van der Waals surface area contributed by atoms with E-state index >= 15 is 0 Å². The van der Waals surface area contributed by atoms with Gasteiger partial charge in [-0.25, -0.2) is 4.68 Å². The molecule has 1 aliphatic rings. The predicted octanol–water partition coefficient (Wildman–Crippen LogP) is 4.90. The summed E-state index contributed by atoms with van der Waals surface area (Å²) in [6.07, 6.45) is 3.05. The van der Waals surface area contributed by atoms with Crippen molar-refractivity contribution in [3.63, 3.8) is 0 Å². The van der Waals surface area contributed by atoms with Gasteiger partial charge in [-0.05, 0) is 37.3 Å². The zero-order chi connectivity index (χ0) is 19.4. The normalized spacial score (nSPS) is 15.3. The summed E-state index contributed by atoms with van der Waals surface area (Å²) in [6, 6.07) is 6.65. The van der Waals surface area contributed by atoms with Crippen molar-refractivity contribution in [2.45, 2.75) is 51.6 Å². The van der Waals surface area contributed by atoms with Crippen LogP contribution in [0.3, 0.4) is 0 Å². The van der Waals surface area contributed by atoms with Crippen LogP contribution in [0.25, 0.3) is 5.69 Å². The highest BCUT2D eigenvalue weighted by Gasteiger charge is 2.40. The summed E-state index contributed by atoms with van der Waals surface area (Å²) < 4.78 is 41.8. The number of benzene rings is 1. The Hall–Kier alpha value is -2.31. The number of aryl methyl sites for hydroxylation is 1. The Morgan fingerprint density at radius 1 is 1.26 bits per heavy atom. The molecule has 2 aromatic rings. The van der Waals surface area contributed by atoms with Crippen molar-refractivity contribution in [3.05, 3.63) is 47.3 Å². The van der Waals surface area contributed by atoms with Gasteiger partial charge >= 0.3 is 6.18 Å². The average molecular weight is 379 g/mol.